The number of nitrogens with one attached hydrogen (secondary N) is 1. The molecule has 3 rings (SSSR count). The van der Waals surface area contributed by atoms with Crippen LogP contribution in [0.3, 0.4) is 0 Å². The van der Waals surface area contributed by atoms with Crippen molar-refractivity contribution in [3.8, 4) is 11.1 Å². The monoisotopic (exact) mass is 420 g/mol. The molecular formula is C19H19F3N6O2. The van der Waals surface area contributed by atoms with Crippen LogP contribution in [0.4, 0.5) is 24.8 Å². The lowest BCUT2D eigenvalue weighted by Gasteiger charge is -2.18. The molecule has 0 aliphatic heterocycles. The molecule has 2 heterocycles. The highest BCUT2D eigenvalue weighted by atomic mass is 19.4. The molecule has 0 radical (unpaired) electrons. The van der Waals surface area contributed by atoms with Gasteiger partial charge >= 0.3 is 6.18 Å². The van der Waals surface area contributed by atoms with Gasteiger partial charge in [0.05, 0.1) is 12.7 Å². The second-order valence-corrected chi connectivity index (χ2v) is 7.04. The van der Waals surface area contributed by atoms with Crippen LogP contribution in [0.1, 0.15) is 18.2 Å². The molecule has 3 aromatic rings. The van der Waals surface area contributed by atoms with Crippen LogP contribution >= 0.6 is 0 Å². The molecule has 11 heteroatoms. The van der Waals surface area contributed by atoms with Crippen molar-refractivity contribution in [3.05, 3.63) is 54.1 Å². The van der Waals surface area contributed by atoms with Crippen LogP contribution in [-0.4, -0.2) is 36.4 Å². The molecule has 0 aliphatic carbocycles. The Morgan fingerprint density at radius 1 is 1.27 bits per heavy atom. The van der Waals surface area contributed by atoms with Gasteiger partial charge in [0.15, 0.2) is 5.60 Å². The van der Waals surface area contributed by atoms with Crippen molar-refractivity contribution in [3.63, 3.8) is 0 Å². The molecule has 0 spiro atoms. The first-order valence-corrected chi connectivity index (χ1v) is 8.78. The number of halogens is 3. The van der Waals surface area contributed by atoms with E-state index >= 15 is 0 Å². The Morgan fingerprint density at radius 3 is 2.67 bits per heavy atom. The Morgan fingerprint density at radius 2 is 2.00 bits per heavy atom. The van der Waals surface area contributed by atoms with Crippen molar-refractivity contribution in [2.45, 2.75) is 32.2 Å². The number of benzene rings is 1. The second kappa shape index (κ2) is 7.75. The number of aryl methyl sites for hydroxylation is 1. The molecule has 0 saturated heterocycles. The number of anilines is 2. The average Bonchev–Trinajstić information content (AvgIpc) is 3.08. The largest absolute Gasteiger partial charge is 0.433 e. The number of hydrogen-bond donors (Lipinski definition) is 3. The molecule has 8 nitrogen and oxygen atoms in total. The summed E-state index contributed by atoms with van der Waals surface area (Å²) in [5.74, 6) is -1.06. The molecule has 0 unspecified atom stereocenters. The van der Waals surface area contributed by atoms with Crippen molar-refractivity contribution in [2.75, 3.05) is 5.32 Å². The van der Waals surface area contributed by atoms with Crippen LogP contribution in [0.5, 0.6) is 0 Å². The van der Waals surface area contributed by atoms with Gasteiger partial charge in [-0.15, -0.1) is 0 Å². The molecule has 0 fully saturated rings. The molecule has 0 saturated carbocycles. The lowest BCUT2D eigenvalue weighted by Crippen LogP contribution is -2.44. The zero-order valence-corrected chi connectivity index (χ0v) is 16.1. The van der Waals surface area contributed by atoms with Crippen LogP contribution in [0.15, 0.2) is 42.9 Å². The van der Waals surface area contributed by atoms with Crippen LogP contribution < -0.4 is 11.1 Å². The van der Waals surface area contributed by atoms with Gasteiger partial charge in [-0.2, -0.15) is 18.3 Å². The van der Waals surface area contributed by atoms with Crippen molar-refractivity contribution < 1.29 is 23.1 Å². The molecule has 1 atom stereocenters. The van der Waals surface area contributed by atoms with E-state index < -0.39 is 23.4 Å². The van der Waals surface area contributed by atoms with Crippen LogP contribution in [0.2, 0.25) is 0 Å². The van der Waals surface area contributed by atoms with Crippen molar-refractivity contribution in [2.24, 2.45) is 5.73 Å². The highest BCUT2D eigenvalue weighted by molar-refractivity contribution is 5.82. The lowest BCUT2D eigenvalue weighted by molar-refractivity contribution is -0.141. The van der Waals surface area contributed by atoms with Gasteiger partial charge in [0.2, 0.25) is 5.95 Å². The summed E-state index contributed by atoms with van der Waals surface area (Å²) in [5.41, 5.74) is 5.07. The number of carbonyl (C=O) groups excluding carboxylic acids is 1. The number of aromatic nitrogens is 4. The van der Waals surface area contributed by atoms with Crippen molar-refractivity contribution in [1.29, 1.82) is 0 Å². The average molecular weight is 420 g/mol. The summed E-state index contributed by atoms with van der Waals surface area (Å²) >= 11 is 0. The van der Waals surface area contributed by atoms with E-state index in [1.54, 1.807) is 18.3 Å². The summed E-state index contributed by atoms with van der Waals surface area (Å²) in [7, 11) is 0. The molecule has 1 aromatic carbocycles. The highest BCUT2D eigenvalue weighted by Gasteiger charge is 2.32. The Kier molecular flexibility index (Phi) is 5.49. The number of hydrogen-bond acceptors (Lipinski definition) is 6. The quantitative estimate of drug-likeness (QED) is 0.564. The number of primary amides is 1. The van der Waals surface area contributed by atoms with Gasteiger partial charge in [-0.3, -0.25) is 9.48 Å². The SMILES string of the molecule is Cc1cc(Nc2nccc(C(F)(F)F)n2)cc(-c2cnn(C[C@](C)(O)C(N)=O)c2)c1. The zero-order chi connectivity index (χ0) is 22.1. The Balaban J connectivity index is 1.86. The predicted octanol–water partition coefficient (Wildman–Crippen LogP) is 2.65. The van der Waals surface area contributed by atoms with Crippen LogP contribution in [0, 0.1) is 6.92 Å². The number of nitrogens with two attached hydrogens (primary N) is 1. The summed E-state index contributed by atoms with van der Waals surface area (Å²) in [6.45, 7) is 2.99. The van der Waals surface area contributed by atoms with Gasteiger partial charge in [-0.25, -0.2) is 9.97 Å². The molecule has 4 N–H and O–H groups in total. The third-order valence-corrected chi connectivity index (χ3v) is 4.25. The normalized spacial score (nSPS) is 13.7. The fourth-order valence-electron chi connectivity index (χ4n) is 2.72. The Labute approximate surface area is 169 Å². The van der Waals surface area contributed by atoms with E-state index in [-0.39, 0.29) is 12.5 Å². The maximum atomic E-state index is 12.9. The minimum atomic E-state index is -4.57. The van der Waals surface area contributed by atoms with E-state index in [2.05, 4.69) is 20.4 Å². The van der Waals surface area contributed by atoms with Crippen molar-refractivity contribution in [1.82, 2.24) is 19.7 Å². The van der Waals surface area contributed by atoms with Gasteiger partial charge in [0.25, 0.3) is 5.91 Å². The van der Waals surface area contributed by atoms with E-state index in [1.165, 1.54) is 17.8 Å². The molecule has 0 aliphatic rings. The Bertz CT molecular complexity index is 1080. The zero-order valence-electron chi connectivity index (χ0n) is 16.1. The number of carbonyl (C=O) groups is 1. The predicted molar refractivity (Wildman–Crippen MR) is 103 cm³/mol. The number of rotatable bonds is 6. The molecular weight excluding hydrogens is 401 g/mol. The van der Waals surface area contributed by atoms with Gasteiger partial charge in [0, 0.05) is 23.6 Å². The first-order chi connectivity index (χ1) is 13.9. The van der Waals surface area contributed by atoms with E-state index in [4.69, 9.17) is 5.73 Å². The third kappa shape index (κ3) is 4.92. The number of aliphatic hydroxyl groups is 1. The molecule has 0 bridgehead atoms. The molecule has 30 heavy (non-hydrogen) atoms. The van der Waals surface area contributed by atoms with Crippen LogP contribution in [0.25, 0.3) is 11.1 Å². The standard InChI is InChI=1S/C19H19F3N6O2/c1-11-5-12(13-8-25-28(9-13)10-18(2,30)16(23)29)7-14(6-11)26-17-24-4-3-15(27-17)19(20,21)22/h3-9,30H,10H2,1-2H3,(H2,23,29)(H,24,26,27)/t18-/m0/s1. The molecule has 2 aromatic heterocycles. The summed E-state index contributed by atoms with van der Waals surface area (Å²) in [4.78, 5) is 18.6. The molecule has 1 amide bonds. The number of nitrogens with zero attached hydrogens (tertiary/aromatic N) is 4. The summed E-state index contributed by atoms with van der Waals surface area (Å²) in [5, 5.41) is 16.9. The Hall–Kier alpha value is -3.47. The summed E-state index contributed by atoms with van der Waals surface area (Å²) < 4.78 is 39.9. The topological polar surface area (TPSA) is 119 Å². The first kappa shape index (κ1) is 21.2. The number of amides is 1. The van der Waals surface area contributed by atoms with E-state index in [0.717, 1.165) is 23.4 Å². The van der Waals surface area contributed by atoms with Gasteiger partial charge in [0.1, 0.15) is 5.69 Å². The van der Waals surface area contributed by atoms with E-state index in [1.807, 2.05) is 13.0 Å². The maximum absolute atomic E-state index is 12.9. The highest BCUT2D eigenvalue weighted by Crippen LogP contribution is 2.29. The van der Waals surface area contributed by atoms with E-state index in [0.29, 0.717) is 11.3 Å². The third-order valence-electron chi connectivity index (χ3n) is 4.25. The molecule has 158 valence electrons. The summed E-state index contributed by atoms with van der Waals surface area (Å²) in [6, 6.07) is 6.08. The smallest absolute Gasteiger partial charge is 0.378 e. The summed E-state index contributed by atoms with van der Waals surface area (Å²) in [6.07, 6.45) is -0.380. The maximum Gasteiger partial charge on any atom is 0.433 e. The van der Waals surface area contributed by atoms with Crippen LogP contribution in [-0.2, 0) is 17.5 Å². The lowest BCUT2D eigenvalue weighted by atomic mass is 10.1. The fourth-order valence-corrected chi connectivity index (χ4v) is 2.72. The van der Waals surface area contributed by atoms with Gasteiger partial charge in [-0.05, 0) is 43.2 Å². The first-order valence-electron chi connectivity index (χ1n) is 8.78. The minimum absolute atomic E-state index is 0.128. The van der Waals surface area contributed by atoms with Crippen molar-refractivity contribution >= 4 is 17.5 Å². The van der Waals surface area contributed by atoms with Gasteiger partial charge in [-0.1, -0.05) is 6.07 Å². The van der Waals surface area contributed by atoms with E-state index in [9.17, 15) is 23.1 Å². The minimum Gasteiger partial charge on any atom is -0.378 e. The van der Waals surface area contributed by atoms with Gasteiger partial charge < -0.3 is 16.2 Å². The fraction of sp³-hybridized carbons (Fsp3) is 0.263. The number of alkyl halides is 3. The second-order valence-electron chi connectivity index (χ2n) is 7.04.